The van der Waals surface area contributed by atoms with Gasteiger partial charge in [0, 0.05) is 22.3 Å². The number of halogens is 1. The van der Waals surface area contributed by atoms with Crippen LogP contribution < -0.4 is 10.4 Å². The van der Waals surface area contributed by atoms with E-state index in [4.69, 9.17) is 4.74 Å². The first-order valence-electron chi connectivity index (χ1n) is 10.1. The van der Waals surface area contributed by atoms with Gasteiger partial charge in [-0.05, 0) is 43.9 Å². The van der Waals surface area contributed by atoms with E-state index in [0.29, 0.717) is 17.5 Å². The first-order chi connectivity index (χ1) is 14.8. The summed E-state index contributed by atoms with van der Waals surface area (Å²) in [6.07, 6.45) is 4.61. The van der Waals surface area contributed by atoms with Crippen molar-refractivity contribution in [3.63, 3.8) is 0 Å². The number of thiophene rings is 1. The van der Waals surface area contributed by atoms with Gasteiger partial charge in [-0.15, -0.1) is 11.3 Å². The van der Waals surface area contributed by atoms with E-state index in [9.17, 15) is 23.9 Å². The number of ether oxygens (including phenoxy) is 1. The lowest BCUT2D eigenvalue weighted by molar-refractivity contribution is -0.313. The lowest BCUT2D eigenvalue weighted by Crippen LogP contribution is -2.41. The van der Waals surface area contributed by atoms with Crippen LogP contribution >= 0.6 is 11.3 Å². The van der Waals surface area contributed by atoms with Crippen molar-refractivity contribution >= 4 is 34.2 Å². The average Bonchev–Trinajstić information content (AvgIpc) is 3.08. The molecule has 8 heteroatoms. The number of nitrogens with one attached hydrogen (secondary N) is 1. The van der Waals surface area contributed by atoms with Crippen molar-refractivity contribution in [1.82, 2.24) is 0 Å². The maximum atomic E-state index is 13.4. The van der Waals surface area contributed by atoms with Gasteiger partial charge in [0.2, 0.25) is 5.91 Å². The third-order valence-electron chi connectivity index (χ3n) is 5.17. The number of esters is 1. The second-order valence-corrected chi connectivity index (χ2v) is 8.57. The molecule has 0 spiro atoms. The van der Waals surface area contributed by atoms with Gasteiger partial charge in [0.05, 0.1) is 12.5 Å². The number of carboxylic acids is 1. The van der Waals surface area contributed by atoms with Crippen LogP contribution in [0.25, 0.3) is 11.1 Å². The van der Waals surface area contributed by atoms with Gasteiger partial charge in [0.1, 0.15) is 16.4 Å². The smallest absolute Gasteiger partial charge is 0.341 e. The molecule has 2 atom stereocenters. The Bertz CT molecular complexity index is 1010. The van der Waals surface area contributed by atoms with E-state index in [2.05, 4.69) is 5.32 Å². The lowest BCUT2D eigenvalue weighted by atomic mass is 9.82. The highest BCUT2D eigenvalue weighted by Gasteiger charge is 2.32. The molecule has 1 aliphatic rings. The average molecular weight is 445 g/mol. The van der Waals surface area contributed by atoms with Gasteiger partial charge in [-0.1, -0.05) is 31.2 Å². The lowest BCUT2D eigenvalue weighted by Gasteiger charge is -2.28. The fraction of sp³-hybridized carbons (Fsp3) is 0.348. The van der Waals surface area contributed by atoms with E-state index in [1.807, 2.05) is 6.92 Å². The molecule has 1 aromatic carbocycles. The molecule has 0 saturated carbocycles. The fourth-order valence-corrected chi connectivity index (χ4v) is 4.69. The molecule has 6 nitrogen and oxygen atoms in total. The molecule has 1 aromatic heterocycles. The molecule has 0 fully saturated rings. The van der Waals surface area contributed by atoms with E-state index in [-0.39, 0.29) is 30.0 Å². The molecule has 31 heavy (non-hydrogen) atoms. The first kappa shape index (κ1) is 22.7. The van der Waals surface area contributed by atoms with Crippen LogP contribution in [0, 0.1) is 24.6 Å². The van der Waals surface area contributed by atoms with Crippen molar-refractivity contribution in [3.8, 4) is 11.1 Å². The van der Waals surface area contributed by atoms with Crippen molar-refractivity contribution in [3.05, 3.63) is 52.7 Å². The van der Waals surface area contributed by atoms with E-state index in [1.54, 1.807) is 31.2 Å². The number of anilines is 1. The molecule has 0 radical (unpaired) electrons. The normalized spacial score (nSPS) is 17.9. The van der Waals surface area contributed by atoms with Gasteiger partial charge >= 0.3 is 5.97 Å². The summed E-state index contributed by atoms with van der Waals surface area (Å²) >= 11 is 1.20. The maximum Gasteiger partial charge on any atom is 0.341 e. The first-order valence-corrected chi connectivity index (χ1v) is 10.9. The highest BCUT2D eigenvalue weighted by Crippen LogP contribution is 2.41. The molecule has 0 bridgehead atoms. The number of carbonyl (C=O) groups excluding carboxylic acids is 3. The zero-order chi connectivity index (χ0) is 22.5. The molecule has 1 aliphatic carbocycles. The van der Waals surface area contributed by atoms with E-state index in [0.717, 1.165) is 4.88 Å². The molecular formula is C23H23FNO5S-. The van der Waals surface area contributed by atoms with Gasteiger partial charge in [-0.2, -0.15) is 0 Å². The zero-order valence-electron chi connectivity index (χ0n) is 17.3. The number of aryl methyl sites for hydroxylation is 1. The Kier molecular flexibility index (Phi) is 7.22. The van der Waals surface area contributed by atoms with Crippen molar-refractivity contribution in [2.75, 3.05) is 11.9 Å². The zero-order valence-corrected chi connectivity index (χ0v) is 18.1. The van der Waals surface area contributed by atoms with E-state index in [1.165, 1.54) is 23.5 Å². The molecule has 0 saturated heterocycles. The summed E-state index contributed by atoms with van der Waals surface area (Å²) in [5, 5.41) is 14.5. The highest BCUT2D eigenvalue weighted by atomic mass is 32.1. The number of aliphatic carboxylic acids is 1. The minimum atomic E-state index is -1.28. The molecule has 1 amide bonds. The second kappa shape index (κ2) is 9.87. The van der Waals surface area contributed by atoms with Crippen LogP contribution in [-0.4, -0.2) is 24.5 Å². The number of rotatable bonds is 7. The summed E-state index contributed by atoms with van der Waals surface area (Å²) < 4.78 is 18.7. The predicted octanol–water partition coefficient (Wildman–Crippen LogP) is 3.70. The Morgan fingerprint density at radius 3 is 2.42 bits per heavy atom. The number of hydrogen-bond acceptors (Lipinski definition) is 6. The van der Waals surface area contributed by atoms with Crippen LogP contribution in [-0.2, 0) is 14.3 Å². The fourth-order valence-electron chi connectivity index (χ4n) is 3.63. The third kappa shape index (κ3) is 5.02. The number of allylic oxidation sites excluding steroid dienone is 2. The van der Waals surface area contributed by atoms with Gasteiger partial charge in [-0.3, -0.25) is 4.79 Å². The predicted molar refractivity (Wildman–Crippen MR) is 114 cm³/mol. The number of benzene rings is 1. The molecule has 2 aromatic rings. The van der Waals surface area contributed by atoms with Crippen molar-refractivity contribution in [2.24, 2.45) is 11.8 Å². The molecule has 1 N–H and O–H groups in total. The summed E-state index contributed by atoms with van der Waals surface area (Å²) in [4.78, 5) is 38.0. The van der Waals surface area contributed by atoms with Crippen LogP contribution in [0.15, 0.2) is 36.4 Å². The topological polar surface area (TPSA) is 95.5 Å². The van der Waals surface area contributed by atoms with Crippen molar-refractivity contribution < 1.29 is 28.6 Å². The van der Waals surface area contributed by atoms with Crippen LogP contribution in [0.4, 0.5) is 9.39 Å². The quantitative estimate of drug-likeness (QED) is 0.519. The Hall–Kier alpha value is -3.00. The van der Waals surface area contributed by atoms with Crippen LogP contribution in [0.1, 0.15) is 41.4 Å². The molecule has 0 unspecified atom stereocenters. The summed E-state index contributed by atoms with van der Waals surface area (Å²) in [5.74, 6) is -4.50. The second-order valence-electron chi connectivity index (χ2n) is 7.34. The summed E-state index contributed by atoms with van der Waals surface area (Å²) in [5.41, 5.74) is 1.36. The minimum Gasteiger partial charge on any atom is -0.550 e. The summed E-state index contributed by atoms with van der Waals surface area (Å²) in [7, 11) is 0. The van der Waals surface area contributed by atoms with Gasteiger partial charge in [0.15, 0.2) is 0 Å². The molecule has 3 rings (SSSR count). The van der Waals surface area contributed by atoms with Crippen LogP contribution in [0.5, 0.6) is 0 Å². The van der Waals surface area contributed by atoms with Crippen molar-refractivity contribution in [1.29, 1.82) is 0 Å². The molecule has 1 heterocycles. The summed E-state index contributed by atoms with van der Waals surface area (Å²) in [6.45, 7) is 3.87. The summed E-state index contributed by atoms with van der Waals surface area (Å²) in [6, 6.07) is 5.71. The Morgan fingerprint density at radius 2 is 1.81 bits per heavy atom. The molecular weight excluding hydrogens is 421 g/mol. The molecule has 164 valence electrons. The maximum absolute atomic E-state index is 13.4. The molecule has 0 aliphatic heterocycles. The van der Waals surface area contributed by atoms with Crippen LogP contribution in [0.3, 0.4) is 0 Å². The standard InChI is InChI=1S/C23H24FNO5S/c1-3-12-30-23(29)19-18(14-8-10-15(24)11-9-14)13(2)31-21(19)25-20(26)16-6-4-5-7-17(16)22(27)28/h4-5,8-11,16-17H,3,6-7,12H2,1-2H3,(H,25,26)(H,27,28)/p-1/t16-,17+/m0/s1. The number of carbonyl (C=O) groups is 3. The third-order valence-corrected chi connectivity index (χ3v) is 6.19. The van der Waals surface area contributed by atoms with Gasteiger partial charge in [-0.25, -0.2) is 9.18 Å². The Balaban J connectivity index is 1.99. The van der Waals surface area contributed by atoms with Crippen LogP contribution in [0.2, 0.25) is 0 Å². The number of carboxylic acid groups (broad SMARTS) is 1. The monoisotopic (exact) mass is 444 g/mol. The van der Waals surface area contributed by atoms with E-state index >= 15 is 0 Å². The van der Waals surface area contributed by atoms with Crippen molar-refractivity contribution in [2.45, 2.75) is 33.1 Å². The Labute approximate surface area is 183 Å². The minimum absolute atomic E-state index is 0.187. The van der Waals surface area contributed by atoms with Gasteiger partial charge < -0.3 is 20.0 Å². The number of hydrogen-bond donors (Lipinski definition) is 1. The Morgan fingerprint density at radius 1 is 1.16 bits per heavy atom. The largest absolute Gasteiger partial charge is 0.550 e. The van der Waals surface area contributed by atoms with Gasteiger partial charge in [0.25, 0.3) is 0 Å². The SMILES string of the molecule is CCCOC(=O)c1c(NC(=O)[C@H]2CC=CC[C@H]2C(=O)[O-])sc(C)c1-c1ccc(F)cc1. The highest BCUT2D eigenvalue weighted by molar-refractivity contribution is 7.17. The van der Waals surface area contributed by atoms with E-state index < -0.39 is 35.5 Å². The number of amides is 1.